The van der Waals surface area contributed by atoms with E-state index < -0.39 is 0 Å². The molecule has 0 spiro atoms. The predicted molar refractivity (Wildman–Crippen MR) is 62.9 cm³/mol. The highest BCUT2D eigenvalue weighted by Gasteiger charge is 2.04. The van der Waals surface area contributed by atoms with E-state index in [0.29, 0.717) is 0 Å². The Bertz CT molecular complexity index is 582. The molecule has 1 aromatic carbocycles. The Morgan fingerprint density at radius 2 is 1.93 bits per heavy atom. The van der Waals surface area contributed by atoms with Crippen molar-refractivity contribution in [3.8, 4) is 10.6 Å². The second-order valence-corrected chi connectivity index (χ2v) is 4.11. The Kier molecular flexibility index (Phi) is 1.96. The fourth-order valence-electron chi connectivity index (χ4n) is 1.65. The molecule has 0 amide bonds. The highest BCUT2D eigenvalue weighted by molar-refractivity contribution is 7.13. The van der Waals surface area contributed by atoms with Crippen LogP contribution in [0.5, 0.6) is 0 Å². The quantitative estimate of drug-likeness (QED) is 0.618. The minimum absolute atomic E-state index is 1.02. The van der Waals surface area contributed by atoms with Gasteiger partial charge in [-0.1, -0.05) is 18.2 Å². The van der Waals surface area contributed by atoms with Gasteiger partial charge in [-0.05, 0) is 12.1 Å². The van der Waals surface area contributed by atoms with Gasteiger partial charge >= 0.3 is 0 Å². The van der Waals surface area contributed by atoms with Gasteiger partial charge in [-0.25, -0.2) is 4.98 Å². The topological polar surface area (TPSA) is 25.8 Å². The standard InChI is InChI=1S/C12H8N2S/c1-3-10(12-14-7-8-15-12)9-4-2-6-13-11(9)5-1/h1-8H. The average molecular weight is 212 g/mol. The summed E-state index contributed by atoms with van der Waals surface area (Å²) in [5.74, 6) is 0. The summed E-state index contributed by atoms with van der Waals surface area (Å²) in [6, 6.07) is 10.2. The molecule has 2 heterocycles. The molecule has 0 N–H and O–H groups in total. The molecule has 0 aliphatic rings. The lowest BCUT2D eigenvalue weighted by Gasteiger charge is -2.01. The van der Waals surface area contributed by atoms with Crippen LogP contribution >= 0.6 is 11.3 Å². The minimum Gasteiger partial charge on any atom is -0.256 e. The van der Waals surface area contributed by atoms with Crippen molar-refractivity contribution in [1.29, 1.82) is 0 Å². The predicted octanol–water partition coefficient (Wildman–Crippen LogP) is 3.36. The third kappa shape index (κ3) is 1.41. The van der Waals surface area contributed by atoms with Crippen LogP contribution in [-0.4, -0.2) is 9.97 Å². The van der Waals surface area contributed by atoms with Crippen molar-refractivity contribution in [3.63, 3.8) is 0 Å². The van der Waals surface area contributed by atoms with E-state index in [4.69, 9.17) is 0 Å². The van der Waals surface area contributed by atoms with Crippen molar-refractivity contribution in [2.45, 2.75) is 0 Å². The Balaban J connectivity index is 2.36. The molecule has 0 atom stereocenters. The monoisotopic (exact) mass is 212 g/mol. The molecular weight excluding hydrogens is 204 g/mol. The number of thiazole rings is 1. The van der Waals surface area contributed by atoms with E-state index in [1.165, 1.54) is 0 Å². The number of nitrogens with zero attached hydrogens (tertiary/aromatic N) is 2. The minimum atomic E-state index is 1.02. The van der Waals surface area contributed by atoms with Crippen LogP contribution in [0.4, 0.5) is 0 Å². The first-order chi connectivity index (χ1) is 7.45. The molecule has 72 valence electrons. The Morgan fingerprint density at radius 1 is 0.933 bits per heavy atom. The van der Waals surface area contributed by atoms with Crippen LogP contribution in [0.15, 0.2) is 48.1 Å². The van der Waals surface area contributed by atoms with Crippen LogP contribution in [0.25, 0.3) is 21.5 Å². The molecule has 2 nitrogen and oxygen atoms in total. The summed E-state index contributed by atoms with van der Waals surface area (Å²) in [7, 11) is 0. The number of aromatic nitrogens is 2. The normalized spacial score (nSPS) is 10.7. The second-order valence-electron chi connectivity index (χ2n) is 3.21. The molecule has 0 saturated heterocycles. The second kappa shape index (κ2) is 3.44. The number of fused-ring (bicyclic) bond motifs is 1. The van der Waals surface area contributed by atoms with Crippen molar-refractivity contribution >= 4 is 22.2 Å². The summed E-state index contributed by atoms with van der Waals surface area (Å²) in [5, 5.41) is 4.20. The first-order valence-corrected chi connectivity index (χ1v) is 5.57. The summed E-state index contributed by atoms with van der Waals surface area (Å²) < 4.78 is 0. The maximum atomic E-state index is 4.33. The molecule has 0 saturated carbocycles. The van der Waals surface area contributed by atoms with Gasteiger partial charge in [-0.3, -0.25) is 4.98 Å². The van der Waals surface area contributed by atoms with Crippen LogP contribution in [0.3, 0.4) is 0 Å². The highest BCUT2D eigenvalue weighted by Crippen LogP contribution is 2.28. The first kappa shape index (κ1) is 8.56. The largest absolute Gasteiger partial charge is 0.256 e. The molecule has 3 heteroatoms. The number of rotatable bonds is 1. The van der Waals surface area contributed by atoms with Crippen LogP contribution in [0.2, 0.25) is 0 Å². The van der Waals surface area contributed by atoms with E-state index in [-0.39, 0.29) is 0 Å². The van der Waals surface area contributed by atoms with Crippen LogP contribution in [-0.2, 0) is 0 Å². The van der Waals surface area contributed by atoms with E-state index >= 15 is 0 Å². The number of hydrogen-bond acceptors (Lipinski definition) is 3. The van der Waals surface area contributed by atoms with Crippen LogP contribution < -0.4 is 0 Å². The van der Waals surface area contributed by atoms with Crippen LogP contribution in [0.1, 0.15) is 0 Å². The third-order valence-corrected chi connectivity index (χ3v) is 3.11. The molecule has 3 rings (SSSR count). The van der Waals surface area contributed by atoms with E-state index in [9.17, 15) is 0 Å². The lowest BCUT2D eigenvalue weighted by molar-refractivity contribution is 1.39. The molecule has 15 heavy (non-hydrogen) atoms. The first-order valence-electron chi connectivity index (χ1n) is 4.69. The highest BCUT2D eigenvalue weighted by atomic mass is 32.1. The Hall–Kier alpha value is -1.74. The summed E-state index contributed by atoms with van der Waals surface area (Å²) >= 11 is 1.65. The molecule has 0 fully saturated rings. The third-order valence-electron chi connectivity index (χ3n) is 2.31. The summed E-state index contributed by atoms with van der Waals surface area (Å²) in [6.07, 6.45) is 3.64. The lowest BCUT2D eigenvalue weighted by atomic mass is 10.1. The SMILES string of the molecule is c1cc(-c2nccs2)c2cccnc2c1. The van der Waals surface area contributed by atoms with Crippen LogP contribution in [0, 0.1) is 0 Å². The van der Waals surface area contributed by atoms with Crippen molar-refractivity contribution in [2.75, 3.05) is 0 Å². The molecule has 0 aliphatic carbocycles. The van der Waals surface area contributed by atoms with Gasteiger partial charge in [0.25, 0.3) is 0 Å². The molecule has 2 aromatic heterocycles. The van der Waals surface area contributed by atoms with Gasteiger partial charge in [0.15, 0.2) is 0 Å². The lowest BCUT2D eigenvalue weighted by Crippen LogP contribution is -1.81. The maximum Gasteiger partial charge on any atom is 0.123 e. The van der Waals surface area contributed by atoms with Gasteiger partial charge in [0, 0.05) is 28.7 Å². The molecule has 3 aromatic rings. The Labute approximate surface area is 91.2 Å². The van der Waals surface area contributed by atoms with Gasteiger partial charge in [0.2, 0.25) is 0 Å². The zero-order valence-electron chi connectivity index (χ0n) is 7.92. The summed E-state index contributed by atoms with van der Waals surface area (Å²) in [5.41, 5.74) is 2.18. The summed E-state index contributed by atoms with van der Waals surface area (Å²) in [4.78, 5) is 8.66. The van der Waals surface area contributed by atoms with E-state index in [0.717, 1.165) is 21.5 Å². The van der Waals surface area contributed by atoms with Crippen molar-refractivity contribution in [2.24, 2.45) is 0 Å². The smallest absolute Gasteiger partial charge is 0.123 e. The van der Waals surface area contributed by atoms with Gasteiger partial charge in [-0.15, -0.1) is 11.3 Å². The molecule has 0 unspecified atom stereocenters. The number of pyridine rings is 1. The fourth-order valence-corrected chi connectivity index (χ4v) is 2.32. The molecule has 0 bridgehead atoms. The molecular formula is C12H8N2S. The van der Waals surface area contributed by atoms with E-state index in [1.807, 2.05) is 36.0 Å². The molecule has 0 aliphatic heterocycles. The summed E-state index contributed by atoms with van der Waals surface area (Å²) in [6.45, 7) is 0. The van der Waals surface area contributed by atoms with E-state index in [1.54, 1.807) is 11.3 Å². The van der Waals surface area contributed by atoms with Crippen molar-refractivity contribution in [3.05, 3.63) is 48.1 Å². The maximum absolute atomic E-state index is 4.33. The van der Waals surface area contributed by atoms with Gasteiger partial charge in [0.05, 0.1) is 5.52 Å². The fraction of sp³-hybridized carbons (Fsp3) is 0. The zero-order valence-corrected chi connectivity index (χ0v) is 8.74. The zero-order chi connectivity index (χ0) is 10.1. The Morgan fingerprint density at radius 3 is 2.80 bits per heavy atom. The average Bonchev–Trinajstić information content (AvgIpc) is 2.82. The van der Waals surface area contributed by atoms with Gasteiger partial charge in [0.1, 0.15) is 5.01 Å². The number of benzene rings is 1. The van der Waals surface area contributed by atoms with Crippen molar-refractivity contribution < 1.29 is 0 Å². The number of hydrogen-bond donors (Lipinski definition) is 0. The van der Waals surface area contributed by atoms with E-state index in [2.05, 4.69) is 22.1 Å². The van der Waals surface area contributed by atoms with Crippen molar-refractivity contribution in [1.82, 2.24) is 9.97 Å². The van der Waals surface area contributed by atoms with Gasteiger partial charge in [-0.2, -0.15) is 0 Å². The van der Waals surface area contributed by atoms with Gasteiger partial charge < -0.3 is 0 Å². The molecule has 0 radical (unpaired) electrons.